The molecule has 0 bridgehead atoms. The van der Waals surface area contributed by atoms with Gasteiger partial charge in [-0.2, -0.15) is 0 Å². The molecule has 94 valence electrons. The number of carbonyl (C=O) groups excluding carboxylic acids is 1. The van der Waals surface area contributed by atoms with E-state index in [1.54, 1.807) is 4.90 Å². The first-order valence-corrected chi connectivity index (χ1v) is 6.39. The van der Waals surface area contributed by atoms with Crippen LogP contribution in [0.3, 0.4) is 0 Å². The van der Waals surface area contributed by atoms with Gasteiger partial charge in [0.1, 0.15) is 0 Å². The fraction of sp³-hybridized carbons (Fsp3) is 0.769. The van der Waals surface area contributed by atoms with Crippen LogP contribution in [0.25, 0.3) is 0 Å². The zero-order chi connectivity index (χ0) is 12.1. The van der Waals surface area contributed by atoms with Crippen LogP contribution in [0.4, 0.5) is 0 Å². The summed E-state index contributed by atoms with van der Waals surface area (Å²) < 4.78 is 0. The van der Waals surface area contributed by atoms with Crippen molar-refractivity contribution in [3.05, 3.63) is 0 Å². The summed E-state index contributed by atoms with van der Waals surface area (Å²) in [7, 11) is 0. The van der Waals surface area contributed by atoms with Gasteiger partial charge in [-0.1, -0.05) is 18.3 Å². The first-order valence-electron chi connectivity index (χ1n) is 6.39. The lowest BCUT2D eigenvalue weighted by Gasteiger charge is -2.23. The van der Waals surface area contributed by atoms with Crippen LogP contribution in [-0.4, -0.2) is 59.6 Å². The lowest BCUT2D eigenvalue weighted by Crippen LogP contribution is -2.30. The number of β-amino-alcohol motifs (C(OH)–C–C–N with tert-alkyl or cyclic N) is 1. The molecule has 0 aromatic rings. The van der Waals surface area contributed by atoms with E-state index in [0.717, 1.165) is 19.6 Å². The quantitative estimate of drug-likeness (QED) is 0.690. The Bertz CT molecular complexity index is 326. The molecule has 2 rings (SSSR count). The van der Waals surface area contributed by atoms with E-state index in [0.29, 0.717) is 13.1 Å². The van der Waals surface area contributed by atoms with Gasteiger partial charge in [0.2, 0.25) is 5.91 Å². The molecule has 1 atom stereocenters. The number of aliphatic hydroxyl groups excluding tert-OH is 1. The number of nitrogens with zero attached hydrogens (tertiary/aromatic N) is 2. The van der Waals surface area contributed by atoms with E-state index in [2.05, 4.69) is 16.7 Å². The first-order chi connectivity index (χ1) is 8.25. The van der Waals surface area contributed by atoms with Crippen LogP contribution >= 0.6 is 0 Å². The minimum atomic E-state index is -0.494. The first kappa shape index (κ1) is 12.4. The average Bonchev–Trinajstić information content (AvgIpc) is 2.65. The van der Waals surface area contributed by atoms with Gasteiger partial charge in [0.05, 0.1) is 25.6 Å². The Balaban J connectivity index is 1.69. The van der Waals surface area contributed by atoms with Gasteiger partial charge in [-0.15, -0.1) is 0 Å². The molecule has 0 aliphatic carbocycles. The second-order valence-corrected chi connectivity index (χ2v) is 4.82. The predicted octanol–water partition coefficient (Wildman–Crippen LogP) is 0.0689. The molecule has 4 nitrogen and oxygen atoms in total. The van der Waals surface area contributed by atoms with Crippen LogP contribution in [0, 0.1) is 11.8 Å². The van der Waals surface area contributed by atoms with Crippen LogP contribution in [-0.2, 0) is 4.79 Å². The van der Waals surface area contributed by atoms with Crippen molar-refractivity contribution in [2.45, 2.75) is 31.8 Å². The Morgan fingerprint density at radius 2 is 1.88 bits per heavy atom. The van der Waals surface area contributed by atoms with Crippen molar-refractivity contribution in [1.29, 1.82) is 0 Å². The third-order valence-electron chi connectivity index (χ3n) is 3.34. The van der Waals surface area contributed by atoms with Gasteiger partial charge in [0.15, 0.2) is 0 Å². The molecule has 2 saturated heterocycles. The predicted molar refractivity (Wildman–Crippen MR) is 65.3 cm³/mol. The minimum absolute atomic E-state index is 0.0183. The minimum Gasteiger partial charge on any atom is -0.391 e. The standard InChI is InChI=1S/C13H20N2O2/c16-12-10-13(17)15(11-12)9-5-4-8-14-6-2-1-3-7-14/h12,16H,1-3,6-11H2/t12-/m0/s1. The van der Waals surface area contributed by atoms with Crippen LogP contribution in [0.2, 0.25) is 0 Å². The molecule has 0 aromatic carbocycles. The molecule has 2 aliphatic heterocycles. The maximum Gasteiger partial charge on any atom is 0.226 e. The van der Waals surface area contributed by atoms with Gasteiger partial charge < -0.3 is 10.0 Å². The summed E-state index contributed by atoms with van der Waals surface area (Å²) in [5.41, 5.74) is 0. The van der Waals surface area contributed by atoms with Crippen LogP contribution in [0.15, 0.2) is 0 Å². The Hall–Kier alpha value is -1.05. The zero-order valence-corrected chi connectivity index (χ0v) is 10.2. The fourth-order valence-corrected chi connectivity index (χ4v) is 2.34. The molecule has 4 heteroatoms. The molecule has 17 heavy (non-hydrogen) atoms. The fourth-order valence-electron chi connectivity index (χ4n) is 2.34. The molecule has 0 radical (unpaired) electrons. The number of rotatable bonds is 2. The lowest BCUT2D eigenvalue weighted by atomic mass is 10.1. The van der Waals surface area contributed by atoms with E-state index in [-0.39, 0.29) is 12.3 Å². The highest BCUT2D eigenvalue weighted by Gasteiger charge is 2.26. The van der Waals surface area contributed by atoms with E-state index in [1.165, 1.54) is 19.3 Å². The molecule has 1 N–H and O–H groups in total. The molecule has 0 aromatic heterocycles. The molecule has 1 amide bonds. The highest BCUT2D eigenvalue weighted by molar-refractivity contribution is 5.79. The monoisotopic (exact) mass is 236 g/mol. The Morgan fingerprint density at radius 1 is 1.18 bits per heavy atom. The average molecular weight is 236 g/mol. The largest absolute Gasteiger partial charge is 0.391 e. The zero-order valence-electron chi connectivity index (χ0n) is 10.2. The normalized spacial score (nSPS) is 25.8. The summed E-state index contributed by atoms with van der Waals surface area (Å²) in [5.74, 6) is 6.16. The Morgan fingerprint density at radius 3 is 2.53 bits per heavy atom. The SMILES string of the molecule is O=C1C[C@H](O)CN1CC#CCN1CCCCC1. The second kappa shape index (κ2) is 6.04. The van der Waals surface area contributed by atoms with Crippen molar-refractivity contribution >= 4 is 5.91 Å². The Labute approximate surface area is 103 Å². The third kappa shape index (κ3) is 3.72. The van der Waals surface area contributed by atoms with Crippen molar-refractivity contribution in [3.63, 3.8) is 0 Å². The summed E-state index contributed by atoms with van der Waals surface area (Å²) in [5, 5.41) is 9.31. The van der Waals surface area contributed by atoms with Gasteiger partial charge in [-0.05, 0) is 25.9 Å². The third-order valence-corrected chi connectivity index (χ3v) is 3.34. The maximum absolute atomic E-state index is 11.4. The molecule has 2 heterocycles. The van der Waals surface area contributed by atoms with Gasteiger partial charge in [0, 0.05) is 6.54 Å². The maximum atomic E-state index is 11.4. The van der Waals surface area contributed by atoms with Crippen LogP contribution < -0.4 is 0 Å². The highest BCUT2D eigenvalue weighted by atomic mass is 16.3. The van der Waals surface area contributed by atoms with Crippen LogP contribution in [0.5, 0.6) is 0 Å². The molecule has 2 fully saturated rings. The molecule has 0 saturated carbocycles. The van der Waals surface area contributed by atoms with Crippen molar-refractivity contribution < 1.29 is 9.90 Å². The molecule has 0 unspecified atom stereocenters. The lowest BCUT2D eigenvalue weighted by molar-refractivity contribution is -0.127. The number of piperidine rings is 1. The Kier molecular flexibility index (Phi) is 4.41. The summed E-state index contributed by atoms with van der Waals surface area (Å²) in [4.78, 5) is 15.4. The number of likely N-dealkylation sites (tertiary alicyclic amines) is 2. The molecule has 0 spiro atoms. The number of hydrogen-bond acceptors (Lipinski definition) is 3. The second-order valence-electron chi connectivity index (χ2n) is 4.82. The van der Waals surface area contributed by atoms with Crippen LogP contribution in [0.1, 0.15) is 25.7 Å². The van der Waals surface area contributed by atoms with E-state index in [1.807, 2.05) is 0 Å². The van der Waals surface area contributed by atoms with E-state index in [4.69, 9.17) is 0 Å². The van der Waals surface area contributed by atoms with Gasteiger partial charge in [-0.3, -0.25) is 9.69 Å². The summed E-state index contributed by atoms with van der Waals surface area (Å²) in [6, 6.07) is 0. The van der Waals surface area contributed by atoms with E-state index >= 15 is 0 Å². The number of amides is 1. The summed E-state index contributed by atoms with van der Waals surface area (Å²) in [6.07, 6.45) is 3.65. The number of hydrogen-bond donors (Lipinski definition) is 1. The molecular weight excluding hydrogens is 216 g/mol. The number of aliphatic hydroxyl groups is 1. The summed E-state index contributed by atoms with van der Waals surface area (Å²) in [6.45, 7) is 4.01. The van der Waals surface area contributed by atoms with Gasteiger partial charge in [-0.25, -0.2) is 0 Å². The van der Waals surface area contributed by atoms with Crippen molar-refractivity contribution in [2.24, 2.45) is 0 Å². The van der Waals surface area contributed by atoms with Gasteiger partial charge in [0.25, 0.3) is 0 Å². The van der Waals surface area contributed by atoms with Gasteiger partial charge >= 0.3 is 0 Å². The van der Waals surface area contributed by atoms with Crippen molar-refractivity contribution in [2.75, 3.05) is 32.7 Å². The molecular formula is C13H20N2O2. The van der Waals surface area contributed by atoms with Crippen molar-refractivity contribution in [3.8, 4) is 11.8 Å². The topological polar surface area (TPSA) is 43.8 Å². The van der Waals surface area contributed by atoms with E-state index in [9.17, 15) is 9.90 Å². The smallest absolute Gasteiger partial charge is 0.226 e. The molecule has 2 aliphatic rings. The summed E-state index contributed by atoms with van der Waals surface area (Å²) >= 11 is 0. The van der Waals surface area contributed by atoms with E-state index < -0.39 is 6.10 Å². The number of carbonyl (C=O) groups is 1. The highest BCUT2D eigenvalue weighted by Crippen LogP contribution is 2.09. The van der Waals surface area contributed by atoms with Crippen molar-refractivity contribution in [1.82, 2.24) is 9.80 Å².